The highest BCUT2D eigenvalue weighted by molar-refractivity contribution is 5.76. The van der Waals surface area contributed by atoms with Crippen LogP contribution in [0.1, 0.15) is 29.7 Å². The molecule has 0 bridgehead atoms. The molecular formula is C16H21N5O2. The van der Waals surface area contributed by atoms with Crippen LogP contribution in [0.15, 0.2) is 24.5 Å². The van der Waals surface area contributed by atoms with E-state index in [4.69, 9.17) is 4.74 Å². The van der Waals surface area contributed by atoms with Gasteiger partial charge < -0.3 is 9.64 Å². The molecule has 1 aliphatic heterocycles. The van der Waals surface area contributed by atoms with Gasteiger partial charge in [0.25, 0.3) is 0 Å². The fraction of sp³-hybridized carbons (Fsp3) is 0.500. The fourth-order valence-corrected chi connectivity index (χ4v) is 2.75. The maximum atomic E-state index is 12.5. The molecule has 1 fully saturated rings. The first-order valence-corrected chi connectivity index (χ1v) is 7.79. The van der Waals surface area contributed by atoms with Crippen molar-refractivity contribution in [2.45, 2.75) is 25.9 Å². The molecule has 1 amide bonds. The van der Waals surface area contributed by atoms with Gasteiger partial charge in [0.1, 0.15) is 11.9 Å². The van der Waals surface area contributed by atoms with Gasteiger partial charge in [-0.15, -0.1) is 0 Å². The lowest BCUT2D eigenvalue weighted by atomic mass is 10.1. The van der Waals surface area contributed by atoms with Crippen LogP contribution in [0, 0.1) is 6.92 Å². The highest BCUT2D eigenvalue weighted by atomic mass is 16.5. The molecule has 0 radical (unpaired) electrons. The van der Waals surface area contributed by atoms with Crippen molar-refractivity contribution in [2.75, 3.05) is 19.7 Å². The van der Waals surface area contributed by atoms with E-state index in [9.17, 15) is 4.79 Å². The van der Waals surface area contributed by atoms with Gasteiger partial charge in [-0.25, -0.2) is 9.97 Å². The second-order valence-corrected chi connectivity index (χ2v) is 5.67. The molecule has 0 aromatic carbocycles. The summed E-state index contributed by atoms with van der Waals surface area (Å²) in [6.45, 7) is 3.56. The Kier molecular flexibility index (Phi) is 4.66. The number of morpholine rings is 1. The van der Waals surface area contributed by atoms with Crippen LogP contribution in [0.3, 0.4) is 0 Å². The van der Waals surface area contributed by atoms with Crippen molar-refractivity contribution in [1.29, 1.82) is 0 Å². The lowest BCUT2D eigenvalue weighted by Gasteiger charge is -2.32. The predicted molar refractivity (Wildman–Crippen MR) is 83.6 cm³/mol. The zero-order valence-corrected chi connectivity index (χ0v) is 13.5. The molecule has 23 heavy (non-hydrogen) atoms. The topological polar surface area (TPSA) is 73.1 Å². The van der Waals surface area contributed by atoms with Gasteiger partial charge in [-0.1, -0.05) is 0 Å². The zero-order chi connectivity index (χ0) is 16.2. The van der Waals surface area contributed by atoms with E-state index in [2.05, 4.69) is 15.1 Å². The molecule has 7 heteroatoms. The quantitative estimate of drug-likeness (QED) is 0.843. The first-order chi connectivity index (χ1) is 11.1. The number of carbonyl (C=O) groups is 1. The van der Waals surface area contributed by atoms with Crippen LogP contribution in [-0.2, 0) is 23.0 Å². The normalized spacial score (nSPS) is 18.2. The molecule has 2 aromatic heterocycles. The number of ether oxygens (including phenoxy) is 1. The summed E-state index contributed by atoms with van der Waals surface area (Å²) >= 11 is 0. The molecule has 0 aliphatic carbocycles. The van der Waals surface area contributed by atoms with E-state index in [0.29, 0.717) is 38.4 Å². The zero-order valence-electron chi connectivity index (χ0n) is 13.5. The van der Waals surface area contributed by atoms with Gasteiger partial charge >= 0.3 is 0 Å². The van der Waals surface area contributed by atoms with Gasteiger partial charge in [0.05, 0.1) is 18.8 Å². The maximum Gasteiger partial charge on any atom is 0.223 e. The Morgan fingerprint density at radius 3 is 3.00 bits per heavy atom. The Bertz CT molecular complexity index is 685. The largest absolute Gasteiger partial charge is 0.368 e. The number of carbonyl (C=O) groups excluding carboxylic acids is 1. The van der Waals surface area contributed by atoms with E-state index in [-0.39, 0.29) is 12.0 Å². The Hall–Kier alpha value is -2.28. The van der Waals surface area contributed by atoms with Crippen molar-refractivity contribution >= 4 is 5.91 Å². The van der Waals surface area contributed by atoms with Crippen molar-refractivity contribution in [2.24, 2.45) is 7.05 Å². The van der Waals surface area contributed by atoms with Crippen LogP contribution in [0.2, 0.25) is 0 Å². The third kappa shape index (κ3) is 3.73. The van der Waals surface area contributed by atoms with Crippen molar-refractivity contribution < 1.29 is 9.53 Å². The number of amides is 1. The molecule has 0 saturated carbocycles. The van der Waals surface area contributed by atoms with Crippen LogP contribution in [0.25, 0.3) is 0 Å². The second-order valence-electron chi connectivity index (χ2n) is 5.67. The van der Waals surface area contributed by atoms with E-state index in [1.807, 2.05) is 31.0 Å². The highest BCUT2D eigenvalue weighted by Gasteiger charge is 2.26. The summed E-state index contributed by atoms with van der Waals surface area (Å²) in [5, 5.41) is 4.12. The van der Waals surface area contributed by atoms with Crippen LogP contribution in [0.5, 0.6) is 0 Å². The van der Waals surface area contributed by atoms with Crippen LogP contribution < -0.4 is 0 Å². The second kappa shape index (κ2) is 6.87. The highest BCUT2D eigenvalue weighted by Crippen LogP contribution is 2.21. The van der Waals surface area contributed by atoms with Crippen LogP contribution in [0.4, 0.5) is 0 Å². The van der Waals surface area contributed by atoms with Crippen molar-refractivity contribution in [3.63, 3.8) is 0 Å². The number of nitrogens with zero attached hydrogens (tertiary/aromatic N) is 5. The lowest BCUT2D eigenvalue weighted by molar-refractivity contribution is -0.139. The smallest absolute Gasteiger partial charge is 0.223 e. The van der Waals surface area contributed by atoms with Gasteiger partial charge in [-0.2, -0.15) is 5.10 Å². The third-order valence-electron chi connectivity index (χ3n) is 4.06. The fourth-order valence-electron chi connectivity index (χ4n) is 2.75. The Balaban J connectivity index is 1.59. The van der Waals surface area contributed by atoms with Gasteiger partial charge in [-0.3, -0.25) is 9.48 Å². The van der Waals surface area contributed by atoms with E-state index in [1.165, 1.54) is 0 Å². The van der Waals surface area contributed by atoms with Gasteiger partial charge in [-0.05, 0) is 25.5 Å². The average molecular weight is 315 g/mol. The Labute approximate surface area is 135 Å². The molecule has 0 unspecified atom stereocenters. The molecule has 0 N–H and O–H groups in total. The number of aromatic nitrogens is 4. The van der Waals surface area contributed by atoms with Gasteiger partial charge in [0.15, 0.2) is 0 Å². The standard InChI is InChI=1S/C16H21N5O2/c1-12-17-7-6-14(19-12)15-11-21(9-10-23-15)16(22)4-3-13-5-8-18-20(13)2/h5-8,15H,3-4,9-11H2,1-2H3/t15-/m1/s1. The minimum absolute atomic E-state index is 0.144. The molecule has 7 nitrogen and oxygen atoms in total. The molecule has 3 rings (SSSR count). The van der Waals surface area contributed by atoms with Crippen LogP contribution in [-0.4, -0.2) is 50.3 Å². The molecule has 122 valence electrons. The monoisotopic (exact) mass is 315 g/mol. The average Bonchev–Trinajstić information content (AvgIpc) is 2.98. The number of aryl methyl sites for hydroxylation is 3. The molecule has 1 aliphatic rings. The van der Waals surface area contributed by atoms with E-state index in [1.54, 1.807) is 17.1 Å². The first-order valence-electron chi connectivity index (χ1n) is 7.79. The van der Waals surface area contributed by atoms with Crippen molar-refractivity contribution in [3.05, 3.63) is 41.7 Å². The van der Waals surface area contributed by atoms with Crippen LogP contribution >= 0.6 is 0 Å². The predicted octanol–water partition coefficient (Wildman–Crippen LogP) is 1.05. The van der Waals surface area contributed by atoms with Crippen molar-refractivity contribution in [1.82, 2.24) is 24.6 Å². The Morgan fingerprint density at radius 1 is 1.39 bits per heavy atom. The van der Waals surface area contributed by atoms with E-state index >= 15 is 0 Å². The first kappa shape index (κ1) is 15.6. The van der Waals surface area contributed by atoms with E-state index in [0.717, 1.165) is 11.4 Å². The van der Waals surface area contributed by atoms with Crippen molar-refractivity contribution in [3.8, 4) is 0 Å². The Morgan fingerprint density at radius 2 is 2.26 bits per heavy atom. The SMILES string of the molecule is Cc1nccc([C@H]2CN(C(=O)CCc3ccnn3C)CCO2)n1. The summed E-state index contributed by atoms with van der Waals surface area (Å²) in [5.41, 5.74) is 1.90. The summed E-state index contributed by atoms with van der Waals surface area (Å²) in [5.74, 6) is 0.857. The summed E-state index contributed by atoms with van der Waals surface area (Å²) in [7, 11) is 1.89. The number of rotatable bonds is 4. The lowest BCUT2D eigenvalue weighted by Crippen LogP contribution is -2.42. The molecular weight excluding hydrogens is 294 g/mol. The number of hydrogen-bond donors (Lipinski definition) is 0. The third-order valence-corrected chi connectivity index (χ3v) is 4.06. The molecule has 0 spiro atoms. The molecule has 1 atom stereocenters. The molecule has 3 heterocycles. The van der Waals surface area contributed by atoms with E-state index < -0.39 is 0 Å². The maximum absolute atomic E-state index is 12.5. The summed E-state index contributed by atoms with van der Waals surface area (Å²) in [4.78, 5) is 22.8. The summed E-state index contributed by atoms with van der Waals surface area (Å²) in [6.07, 6.45) is 4.48. The molecule has 1 saturated heterocycles. The minimum Gasteiger partial charge on any atom is -0.368 e. The minimum atomic E-state index is -0.175. The summed E-state index contributed by atoms with van der Waals surface area (Å²) in [6, 6.07) is 3.79. The van der Waals surface area contributed by atoms with Gasteiger partial charge in [0.2, 0.25) is 5.91 Å². The number of hydrogen-bond acceptors (Lipinski definition) is 5. The molecule has 2 aromatic rings. The van der Waals surface area contributed by atoms with Gasteiger partial charge in [0, 0.05) is 38.1 Å². The summed E-state index contributed by atoms with van der Waals surface area (Å²) < 4.78 is 7.58.